The monoisotopic (exact) mass is 489 g/mol. The van der Waals surface area contributed by atoms with E-state index in [1.807, 2.05) is 77.4 Å². The maximum absolute atomic E-state index is 12.6. The number of rotatable bonds is 8. The standard InChI is InChI=1S/C24H19N5OS3/c30-22(26-23-25-19-13-7-8-14-20(19)33-23)16-32-24-28-27-21(15-31-18-11-5-2-6-12-18)29(24)17-9-3-1-4-10-17/h1-14H,15-16H2,(H,25,26,30). The summed E-state index contributed by atoms with van der Waals surface area (Å²) in [7, 11) is 0. The highest BCUT2D eigenvalue weighted by atomic mass is 32.2. The zero-order chi connectivity index (χ0) is 22.5. The highest BCUT2D eigenvalue weighted by Gasteiger charge is 2.17. The lowest BCUT2D eigenvalue weighted by Gasteiger charge is -2.10. The van der Waals surface area contributed by atoms with Gasteiger partial charge in [0.15, 0.2) is 10.3 Å². The number of hydrogen-bond donors (Lipinski definition) is 1. The van der Waals surface area contributed by atoms with Gasteiger partial charge in [0.2, 0.25) is 5.91 Å². The van der Waals surface area contributed by atoms with Crippen LogP contribution in [0.5, 0.6) is 0 Å². The molecule has 6 nitrogen and oxygen atoms in total. The molecule has 0 aliphatic rings. The molecule has 0 unspecified atom stereocenters. The fraction of sp³-hybridized carbons (Fsp3) is 0.0833. The van der Waals surface area contributed by atoms with Gasteiger partial charge in [-0.2, -0.15) is 0 Å². The average Bonchev–Trinajstić information content (AvgIpc) is 3.46. The summed E-state index contributed by atoms with van der Waals surface area (Å²) in [5.41, 5.74) is 1.86. The van der Waals surface area contributed by atoms with Gasteiger partial charge in [-0.3, -0.25) is 9.36 Å². The minimum Gasteiger partial charge on any atom is -0.301 e. The summed E-state index contributed by atoms with van der Waals surface area (Å²) in [6, 6.07) is 28.0. The van der Waals surface area contributed by atoms with Gasteiger partial charge in [0.05, 0.1) is 21.7 Å². The first-order chi connectivity index (χ1) is 16.3. The Labute approximate surface area is 203 Å². The van der Waals surface area contributed by atoms with Crippen molar-refractivity contribution in [2.45, 2.75) is 15.8 Å². The number of nitrogens with zero attached hydrogens (tertiary/aromatic N) is 4. The van der Waals surface area contributed by atoms with E-state index in [4.69, 9.17) is 0 Å². The lowest BCUT2D eigenvalue weighted by molar-refractivity contribution is -0.113. The minimum absolute atomic E-state index is 0.123. The number of anilines is 1. The molecule has 2 aromatic heterocycles. The molecule has 0 aliphatic carbocycles. The normalized spacial score (nSPS) is 11.0. The van der Waals surface area contributed by atoms with E-state index in [0.717, 1.165) is 21.7 Å². The lowest BCUT2D eigenvalue weighted by Crippen LogP contribution is -2.14. The van der Waals surface area contributed by atoms with Crippen molar-refractivity contribution in [1.82, 2.24) is 19.7 Å². The van der Waals surface area contributed by atoms with Gasteiger partial charge in [0.1, 0.15) is 5.82 Å². The molecule has 9 heteroatoms. The molecule has 1 amide bonds. The molecular weight excluding hydrogens is 470 g/mol. The lowest BCUT2D eigenvalue weighted by atomic mass is 10.3. The van der Waals surface area contributed by atoms with Crippen molar-refractivity contribution >= 4 is 56.1 Å². The highest BCUT2D eigenvalue weighted by Crippen LogP contribution is 2.28. The second-order valence-electron chi connectivity index (χ2n) is 7.00. The second-order valence-corrected chi connectivity index (χ2v) is 10.0. The van der Waals surface area contributed by atoms with E-state index in [2.05, 4.69) is 32.6 Å². The van der Waals surface area contributed by atoms with Crippen LogP contribution in [0.25, 0.3) is 15.9 Å². The van der Waals surface area contributed by atoms with Crippen LogP contribution in [0.4, 0.5) is 5.13 Å². The maximum atomic E-state index is 12.6. The van der Waals surface area contributed by atoms with E-state index >= 15 is 0 Å². The Bertz CT molecular complexity index is 1340. The SMILES string of the molecule is O=C(CSc1nnc(CSc2ccccc2)n1-c1ccccc1)Nc1nc2ccccc2s1. The minimum atomic E-state index is -0.123. The van der Waals surface area contributed by atoms with Crippen LogP contribution >= 0.6 is 34.9 Å². The third-order valence-electron chi connectivity index (χ3n) is 4.70. The van der Waals surface area contributed by atoms with Crippen LogP contribution in [-0.2, 0) is 10.5 Å². The number of hydrogen-bond acceptors (Lipinski definition) is 7. The van der Waals surface area contributed by atoms with Gasteiger partial charge in [-0.05, 0) is 36.4 Å². The number of benzene rings is 3. The molecule has 1 N–H and O–H groups in total. The Kier molecular flexibility index (Phi) is 6.71. The molecule has 5 rings (SSSR count). The number of thioether (sulfide) groups is 2. The number of para-hydroxylation sites is 2. The Morgan fingerprint density at radius 2 is 1.61 bits per heavy atom. The van der Waals surface area contributed by atoms with E-state index in [-0.39, 0.29) is 11.7 Å². The largest absolute Gasteiger partial charge is 0.301 e. The second kappa shape index (κ2) is 10.2. The maximum Gasteiger partial charge on any atom is 0.236 e. The number of aromatic nitrogens is 4. The predicted molar refractivity (Wildman–Crippen MR) is 136 cm³/mol. The van der Waals surface area contributed by atoms with Gasteiger partial charge in [0, 0.05) is 10.6 Å². The van der Waals surface area contributed by atoms with Gasteiger partial charge in [-0.1, -0.05) is 71.6 Å². The van der Waals surface area contributed by atoms with Crippen molar-refractivity contribution in [3.63, 3.8) is 0 Å². The van der Waals surface area contributed by atoms with E-state index in [9.17, 15) is 4.79 Å². The Hall–Kier alpha value is -3.14. The number of thiazole rings is 1. The van der Waals surface area contributed by atoms with Crippen LogP contribution in [0.2, 0.25) is 0 Å². The van der Waals surface area contributed by atoms with Gasteiger partial charge in [-0.15, -0.1) is 22.0 Å². The smallest absolute Gasteiger partial charge is 0.236 e. The van der Waals surface area contributed by atoms with Gasteiger partial charge in [-0.25, -0.2) is 4.98 Å². The molecule has 0 saturated carbocycles. The molecule has 0 bridgehead atoms. The predicted octanol–water partition coefficient (Wildman–Crippen LogP) is 5.90. The topological polar surface area (TPSA) is 72.7 Å². The Balaban J connectivity index is 1.30. The van der Waals surface area contributed by atoms with E-state index < -0.39 is 0 Å². The van der Waals surface area contributed by atoms with Crippen molar-refractivity contribution in [2.24, 2.45) is 0 Å². The summed E-state index contributed by atoms with van der Waals surface area (Å²) in [6.45, 7) is 0. The Morgan fingerprint density at radius 3 is 2.39 bits per heavy atom. The Morgan fingerprint density at radius 1 is 0.879 bits per heavy atom. The highest BCUT2D eigenvalue weighted by molar-refractivity contribution is 7.99. The van der Waals surface area contributed by atoms with Crippen LogP contribution in [0, 0.1) is 0 Å². The van der Waals surface area contributed by atoms with E-state index in [0.29, 0.717) is 16.0 Å². The van der Waals surface area contributed by atoms with Crippen LogP contribution in [0.3, 0.4) is 0 Å². The van der Waals surface area contributed by atoms with E-state index in [1.165, 1.54) is 28.0 Å². The van der Waals surface area contributed by atoms with Crippen molar-refractivity contribution < 1.29 is 4.79 Å². The fourth-order valence-electron chi connectivity index (χ4n) is 3.20. The van der Waals surface area contributed by atoms with Gasteiger partial charge in [0.25, 0.3) is 0 Å². The summed E-state index contributed by atoms with van der Waals surface area (Å²) >= 11 is 4.54. The summed E-state index contributed by atoms with van der Waals surface area (Å²) in [4.78, 5) is 18.2. The number of carbonyl (C=O) groups is 1. The van der Waals surface area contributed by atoms with Crippen molar-refractivity contribution in [2.75, 3.05) is 11.1 Å². The summed E-state index contributed by atoms with van der Waals surface area (Å²) in [5, 5.41) is 13.0. The number of fused-ring (bicyclic) bond motifs is 1. The third kappa shape index (κ3) is 5.27. The molecular formula is C24H19N5OS3. The zero-order valence-corrected chi connectivity index (χ0v) is 19.9. The molecule has 164 valence electrons. The first kappa shape index (κ1) is 21.7. The molecule has 0 radical (unpaired) electrons. The zero-order valence-electron chi connectivity index (χ0n) is 17.4. The van der Waals surface area contributed by atoms with Crippen LogP contribution in [-0.4, -0.2) is 31.4 Å². The molecule has 2 heterocycles. The molecule has 0 spiro atoms. The van der Waals surface area contributed by atoms with Crippen LogP contribution in [0.15, 0.2) is 95.0 Å². The van der Waals surface area contributed by atoms with Gasteiger partial charge < -0.3 is 5.32 Å². The summed E-state index contributed by atoms with van der Waals surface area (Å²) in [5.74, 6) is 1.60. The van der Waals surface area contributed by atoms with Crippen LogP contribution in [0.1, 0.15) is 5.82 Å². The molecule has 0 atom stereocenters. The quantitative estimate of drug-likeness (QED) is 0.274. The molecule has 33 heavy (non-hydrogen) atoms. The van der Waals surface area contributed by atoms with E-state index in [1.54, 1.807) is 11.8 Å². The molecule has 3 aromatic carbocycles. The molecule has 0 fully saturated rings. The first-order valence-corrected chi connectivity index (χ1v) is 13.0. The van der Waals surface area contributed by atoms with Crippen LogP contribution < -0.4 is 5.32 Å². The number of amides is 1. The van der Waals surface area contributed by atoms with Crippen molar-refractivity contribution in [3.05, 3.63) is 90.8 Å². The number of carbonyl (C=O) groups excluding carboxylic acids is 1. The molecule has 5 aromatic rings. The van der Waals surface area contributed by atoms with Gasteiger partial charge >= 0.3 is 0 Å². The fourth-order valence-corrected chi connectivity index (χ4v) is 5.68. The average molecular weight is 490 g/mol. The van der Waals surface area contributed by atoms with Crippen molar-refractivity contribution in [1.29, 1.82) is 0 Å². The third-order valence-corrected chi connectivity index (χ3v) is 7.59. The molecule has 0 saturated heterocycles. The summed E-state index contributed by atoms with van der Waals surface area (Å²) < 4.78 is 3.07. The molecule has 0 aliphatic heterocycles. The summed E-state index contributed by atoms with van der Waals surface area (Å²) in [6.07, 6.45) is 0. The first-order valence-electron chi connectivity index (χ1n) is 10.2. The number of nitrogens with one attached hydrogen (secondary N) is 1. The van der Waals surface area contributed by atoms with Crippen molar-refractivity contribution in [3.8, 4) is 5.69 Å².